The van der Waals surface area contributed by atoms with Crippen molar-refractivity contribution in [2.45, 2.75) is 30.9 Å². The molecule has 1 N–H and O–H groups in total. The number of nitrogens with zero attached hydrogens (tertiary/aromatic N) is 1. The van der Waals surface area contributed by atoms with E-state index in [0.29, 0.717) is 35.5 Å². The summed E-state index contributed by atoms with van der Waals surface area (Å²) in [5.41, 5.74) is 0.412. The van der Waals surface area contributed by atoms with Crippen LogP contribution in [-0.4, -0.2) is 22.5 Å². The molecule has 0 saturated heterocycles. The first-order valence-electron chi connectivity index (χ1n) is 11.2. The minimum Gasteiger partial charge on any atom is -0.549 e. The normalized spacial score (nSPS) is 26.5. The Labute approximate surface area is 198 Å². The zero-order chi connectivity index (χ0) is 23.1. The van der Waals surface area contributed by atoms with Crippen molar-refractivity contribution in [3.8, 4) is 0 Å². The molecule has 0 amide bonds. The molecule has 5 rings (SSSR count). The molecule has 0 bridgehead atoms. The van der Waals surface area contributed by atoms with E-state index < -0.39 is 17.0 Å². The molecule has 33 heavy (non-hydrogen) atoms. The van der Waals surface area contributed by atoms with Gasteiger partial charge in [-0.25, -0.2) is 0 Å². The molecule has 3 unspecified atom stereocenters. The van der Waals surface area contributed by atoms with Gasteiger partial charge in [-0.15, -0.1) is 0 Å². The first kappa shape index (κ1) is 21.7. The second-order valence-corrected chi connectivity index (χ2v) is 9.50. The van der Waals surface area contributed by atoms with E-state index >= 15 is 0 Å². The zero-order valence-corrected chi connectivity index (χ0v) is 18.9. The number of rotatable bonds is 5. The van der Waals surface area contributed by atoms with Crippen LogP contribution in [0.4, 0.5) is 0 Å². The van der Waals surface area contributed by atoms with E-state index in [1.807, 2.05) is 71.8 Å². The molecule has 4 nitrogen and oxygen atoms in total. The fraction of sp³-hybridized carbons (Fsp3) is 0.250. The van der Waals surface area contributed by atoms with Gasteiger partial charge < -0.3 is 19.9 Å². The lowest BCUT2D eigenvalue weighted by atomic mass is 9.56. The lowest BCUT2D eigenvalue weighted by Gasteiger charge is -2.51. The van der Waals surface area contributed by atoms with Crippen molar-refractivity contribution in [3.63, 3.8) is 0 Å². The van der Waals surface area contributed by atoms with Crippen LogP contribution in [0.1, 0.15) is 35.4 Å². The van der Waals surface area contributed by atoms with Gasteiger partial charge in [0.15, 0.2) is 0 Å². The van der Waals surface area contributed by atoms with Crippen molar-refractivity contribution in [1.82, 2.24) is 4.90 Å². The second-order valence-electron chi connectivity index (χ2n) is 9.06. The van der Waals surface area contributed by atoms with Gasteiger partial charge >= 0.3 is 0 Å². The lowest BCUT2D eigenvalue weighted by molar-refractivity contribution is -0.320. The third-order valence-electron chi connectivity index (χ3n) is 7.20. The number of aliphatic carboxylic acids is 1. The van der Waals surface area contributed by atoms with E-state index in [0.717, 1.165) is 11.1 Å². The van der Waals surface area contributed by atoms with E-state index in [1.54, 1.807) is 24.3 Å². The fourth-order valence-corrected chi connectivity index (χ4v) is 5.78. The maximum absolute atomic E-state index is 13.0. The summed E-state index contributed by atoms with van der Waals surface area (Å²) in [6.07, 6.45) is 2.79. The van der Waals surface area contributed by atoms with E-state index in [2.05, 4.69) is 0 Å². The van der Waals surface area contributed by atoms with Crippen LogP contribution in [0.2, 0.25) is 5.02 Å². The third kappa shape index (κ3) is 3.64. The van der Waals surface area contributed by atoms with Crippen molar-refractivity contribution < 1.29 is 15.0 Å². The Hall–Kier alpha value is -3.08. The van der Waals surface area contributed by atoms with Crippen LogP contribution in [0.25, 0.3) is 0 Å². The predicted molar refractivity (Wildman–Crippen MR) is 126 cm³/mol. The van der Waals surface area contributed by atoms with Crippen molar-refractivity contribution in [2.24, 2.45) is 5.41 Å². The van der Waals surface area contributed by atoms with E-state index in [-0.39, 0.29) is 12.5 Å². The van der Waals surface area contributed by atoms with Crippen LogP contribution in [-0.2, 0) is 16.9 Å². The van der Waals surface area contributed by atoms with Gasteiger partial charge in [0.1, 0.15) is 5.60 Å². The highest BCUT2D eigenvalue weighted by atomic mass is 35.5. The summed E-state index contributed by atoms with van der Waals surface area (Å²) in [4.78, 5) is 15.0. The van der Waals surface area contributed by atoms with Crippen LogP contribution in [0.15, 0.2) is 96.7 Å². The Morgan fingerprint density at radius 2 is 1.64 bits per heavy atom. The third-order valence-corrected chi connectivity index (χ3v) is 7.45. The number of fused-ring (bicyclic) bond motifs is 1. The highest BCUT2D eigenvalue weighted by Gasteiger charge is 2.58. The second kappa shape index (κ2) is 8.36. The summed E-state index contributed by atoms with van der Waals surface area (Å²) in [5, 5.41) is 25.6. The van der Waals surface area contributed by atoms with Crippen LogP contribution in [0, 0.1) is 5.41 Å². The molecule has 168 valence electrons. The molecule has 3 atom stereocenters. The minimum atomic E-state index is -1.42. The number of halogens is 1. The molecule has 1 heterocycles. The Kier molecular flexibility index (Phi) is 5.51. The van der Waals surface area contributed by atoms with Crippen LogP contribution in [0.5, 0.6) is 0 Å². The first-order chi connectivity index (χ1) is 15.9. The molecule has 0 spiro atoms. The summed E-state index contributed by atoms with van der Waals surface area (Å²) in [7, 11) is 0. The largest absolute Gasteiger partial charge is 0.549 e. The SMILES string of the molecule is O=C([O-])C12CN(Cc3ccccc3)C=C1C(O)(c1ccc(Cl)cc1)CCC2c1ccccc1. The van der Waals surface area contributed by atoms with Gasteiger partial charge in [-0.1, -0.05) is 84.4 Å². The van der Waals surface area contributed by atoms with E-state index in [9.17, 15) is 15.0 Å². The molecular weight excluding hydrogens is 434 g/mol. The molecule has 1 aliphatic heterocycles. The predicted octanol–water partition coefficient (Wildman–Crippen LogP) is 4.24. The quantitative estimate of drug-likeness (QED) is 0.621. The number of aliphatic hydroxyl groups is 1. The maximum atomic E-state index is 13.0. The van der Waals surface area contributed by atoms with Gasteiger partial charge in [-0.2, -0.15) is 0 Å². The molecule has 2 aliphatic rings. The molecule has 3 aromatic carbocycles. The summed E-state index contributed by atoms with van der Waals surface area (Å²) >= 11 is 6.09. The number of carboxylic acid groups (broad SMARTS) is 1. The summed E-state index contributed by atoms with van der Waals surface area (Å²) in [6, 6.07) is 26.7. The average Bonchev–Trinajstić information content (AvgIpc) is 3.22. The van der Waals surface area contributed by atoms with Crippen molar-refractivity contribution in [1.29, 1.82) is 0 Å². The fourth-order valence-electron chi connectivity index (χ4n) is 5.66. The Morgan fingerprint density at radius 3 is 2.27 bits per heavy atom. The zero-order valence-electron chi connectivity index (χ0n) is 18.2. The number of hydrogen-bond acceptors (Lipinski definition) is 4. The monoisotopic (exact) mass is 458 g/mol. The van der Waals surface area contributed by atoms with Gasteiger partial charge in [0.05, 0.1) is 11.4 Å². The molecule has 0 aromatic heterocycles. The van der Waals surface area contributed by atoms with Gasteiger partial charge in [-0.3, -0.25) is 0 Å². The molecule has 0 radical (unpaired) electrons. The standard InChI is InChI=1S/C28H26ClNO3/c29-23-13-11-22(12-14-23)28(33)16-15-24(21-9-5-2-6-10-21)27(26(31)32)19-30(18-25(27)28)17-20-7-3-1-4-8-20/h1-14,18,24,33H,15-17,19H2,(H,31,32)/p-1. The summed E-state index contributed by atoms with van der Waals surface area (Å²) in [6.45, 7) is 0.798. The number of hydrogen-bond donors (Lipinski definition) is 1. The van der Waals surface area contributed by atoms with Gasteiger partial charge in [0.25, 0.3) is 0 Å². The molecule has 1 saturated carbocycles. The Balaban J connectivity index is 1.64. The molecule has 1 aliphatic carbocycles. The van der Waals surface area contributed by atoms with Crippen LogP contribution >= 0.6 is 11.6 Å². The van der Waals surface area contributed by atoms with Crippen LogP contribution < -0.4 is 5.11 Å². The highest BCUT2D eigenvalue weighted by Crippen LogP contribution is 2.60. The Morgan fingerprint density at radius 1 is 1.00 bits per heavy atom. The number of benzene rings is 3. The Bertz CT molecular complexity index is 1180. The molecule has 3 aromatic rings. The van der Waals surface area contributed by atoms with Crippen LogP contribution in [0.3, 0.4) is 0 Å². The number of carboxylic acids is 1. The van der Waals surface area contributed by atoms with E-state index in [4.69, 9.17) is 11.6 Å². The maximum Gasteiger partial charge on any atom is 0.113 e. The van der Waals surface area contributed by atoms with Crippen molar-refractivity contribution >= 4 is 17.6 Å². The smallest absolute Gasteiger partial charge is 0.113 e. The number of carbonyl (C=O) groups is 1. The molecular formula is C28H25ClNO3-. The number of carbonyl (C=O) groups excluding carboxylic acids is 1. The minimum absolute atomic E-state index is 0.245. The molecule has 5 heteroatoms. The first-order valence-corrected chi connectivity index (χ1v) is 11.6. The van der Waals surface area contributed by atoms with E-state index in [1.165, 1.54) is 0 Å². The molecule has 1 fully saturated rings. The van der Waals surface area contributed by atoms with Gasteiger partial charge in [0, 0.05) is 30.2 Å². The highest BCUT2D eigenvalue weighted by molar-refractivity contribution is 6.30. The summed E-state index contributed by atoms with van der Waals surface area (Å²) < 4.78 is 0. The van der Waals surface area contributed by atoms with Crippen molar-refractivity contribution in [3.05, 3.63) is 118 Å². The summed E-state index contributed by atoms with van der Waals surface area (Å²) in [5.74, 6) is -1.45. The average molecular weight is 459 g/mol. The topological polar surface area (TPSA) is 63.6 Å². The van der Waals surface area contributed by atoms with Gasteiger partial charge in [0.2, 0.25) is 0 Å². The lowest BCUT2D eigenvalue weighted by Crippen LogP contribution is -2.56. The van der Waals surface area contributed by atoms with Crippen molar-refractivity contribution in [2.75, 3.05) is 6.54 Å². The van der Waals surface area contributed by atoms with Gasteiger partial charge in [-0.05, 0) is 47.2 Å².